The maximum atomic E-state index is 16.8. The number of nitrogens with one attached hydrogen (secondary N) is 2. The van der Waals surface area contributed by atoms with Crippen molar-refractivity contribution >= 4 is 86.8 Å². The summed E-state index contributed by atoms with van der Waals surface area (Å²) in [5.74, 6) is -9.74. The van der Waals surface area contributed by atoms with Gasteiger partial charge in [0.25, 0.3) is 10.1 Å². The van der Waals surface area contributed by atoms with Crippen LogP contribution in [0.15, 0.2) is 48.9 Å². The Bertz CT molecular complexity index is 4170. The molecule has 0 saturated carbocycles. The predicted molar refractivity (Wildman–Crippen MR) is 539 cm³/mol. The van der Waals surface area contributed by atoms with Crippen molar-refractivity contribution in [3.63, 3.8) is 0 Å². The quantitative estimate of drug-likeness (QED) is 0.0220. The Labute approximate surface area is 864 Å². The second-order valence-electron chi connectivity index (χ2n) is 41.2. The van der Waals surface area contributed by atoms with Gasteiger partial charge in [0, 0.05) is 102 Å². The fourth-order valence-electron chi connectivity index (χ4n) is 21.0. The number of unbranched alkanes of at least 4 members (excludes halogenated alkanes) is 28. The fourth-order valence-corrected chi connectivity index (χ4v) is 21.5. The van der Waals surface area contributed by atoms with E-state index in [1.165, 1.54) is 103 Å². The van der Waals surface area contributed by atoms with Gasteiger partial charge in [0.1, 0.15) is 6.04 Å². The molecule has 815 valence electrons. The summed E-state index contributed by atoms with van der Waals surface area (Å²) in [5.41, 5.74) is -4.34. The van der Waals surface area contributed by atoms with E-state index in [1.54, 1.807) is 4.90 Å². The molecule has 31 nitrogen and oxygen atoms in total. The molecular formula is C108H182ClCoN7O24S. The second kappa shape index (κ2) is 68.0. The van der Waals surface area contributed by atoms with Crippen LogP contribution in [0.2, 0.25) is 0 Å². The number of halogens is 1. The van der Waals surface area contributed by atoms with Gasteiger partial charge in [-0.15, -0.1) is 10.2 Å². The van der Waals surface area contributed by atoms with E-state index in [-0.39, 0.29) is 182 Å². The summed E-state index contributed by atoms with van der Waals surface area (Å²) < 4.78 is 109. The Balaban J connectivity index is 0.00000841. The van der Waals surface area contributed by atoms with Crippen molar-refractivity contribution in [3.8, 4) is 0 Å². The SMILES string of the molecule is CCCCCCCCCCCCCCCCN(CCCCCCCCCCCCCCCC)C(=O)[C@H](CC(=O)N/C1=C2N=C(/C(C)=C3\[N-][C@@](C)([C@@H]4N=C(/C(C)=C5N=C1C(C)(C)[C@@H]\5CCC(=O)OCCC)[C@](C)(CCC(=O)OCCC)[C@H]4CC(=O)OCCC)[C@@](C)(CC(=O)OCCC)[C@@H]3CCC(=O)OCCC)[C@@](C)(CC(=O)OCCC)[C@@H]/2CCC(=O)OCCC)NC(=O)CCCCCS(=O)(=O)O.[Co+2].[O-][Cl+3]([O-])([O-])[O-]. The van der Waals surface area contributed by atoms with Crippen molar-refractivity contribution in [2.24, 2.45) is 60.3 Å². The molecule has 34 heteroatoms. The van der Waals surface area contributed by atoms with Gasteiger partial charge in [-0.1, -0.05) is 283 Å². The molecule has 0 aliphatic carbocycles. The summed E-state index contributed by atoms with van der Waals surface area (Å²) >= 11 is 0. The summed E-state index contributed by atoms with van der Waals surface area (Å²) in [4.78, 5) is 171. The minimum atomic E-state index is -4.94. The molecule has 0 unspecified atom stereocenters. The van der Waals surface area contributed by atoms with Gasteiger partial charge in [0.2, 0.25) is 17.7 Å². The minimum absolute atomic E-state index is 0. The fraction of sp³-hybridized carbons (Fsp3) is 0.824. The number of rotatable bonds is 73. The summed E-state index contributed by atoms with van der Waals surface area (Å²) in [6, 6.07) is -2.58. The average molecular weight is 2090 g/mol. The monoisotopic (exact) mass is 2090 g/mol. The molecular weight excluding hydrogens is 1910 g/mol. The van der Waals surface area contributed by atoms with Crippen molar-refractivity contribution in [2.45, 2.75) is 463 Å². The number of hydrogen-bond donors (Lipinski definition) is 3. The van der Waals surface area contributed by atoms with Crippen LogP contribution in [0.4, 0.5) is 0 Å². The van der Waals surface area contributed by atoms with Gasteiger partial charge in [0.15, 0.2) is 0 Å². The average Bonchev–Trinajstić information content (AvgIpc) is 1.52. The zero-order valence-electron chi connectivity index (χ0n) is 89.8. The van der Waals surface area contributed by atoms with Crippen LogP contribution in [0.3, 0.4) is 0 Å². The number of carbonyl (C=O) groups is 10. The van der Waals surface area contributed by atoms with Crippen LogP contribution in [0.5, 0.6) is 0 Å². The summed E-state index contributed by atoms with van der Waals surface area (Å²) in [6.07, 6.45) is 33.5. The molecule has 8 bridgehead atoms. The molecule has 0 aromatic heterocycles. The molecule has 0 spiro atoms. The zero-order valence-corrected chi connectivity index (χ0v) is 92.4. The van der Waals surface area contributed by atoms with E-state index in [1.807, 2.05) is 104 Å². The van der Waals surface area contributed by atoms with Gasteiger partial charge in [-0.3, -0.25) is 67.5 Å². The maximum absolute atomic E-state index is 16.8. The smallest absolute Gasteiger partial charge is 0.680 e. The van der Waals surface area contributed by atoms with E-state index in [2.05, 4.69) is 24.5 Å². The number of ether oxygens (including phenoxy) is 7. The molecule has 3 amide bonds. The van der Waals surface area contributed by atoms with Gasteiger partial charge >= 0.3 is 58.6 Å². The van der Waals surface area contributed by atoms with Crippen molar-refractivity contribution in [1.29, 1.82) is 0 Å². The van der Waals surface area contributed by atoms with Crippen LogP contribution in [-0.2, 0) is 108 Å². The summed E-state index contributed by atoms with van der Waals surface area (Å²) in [7, 11) is -9.25. The Morgan fingerprint density at radius 2 is 0.803 bits per heavy atom. The van der Waals surface area contributed by atoms with E-state index in [0.29, 0.717) is 99.1 Å². The van der Waals surface area contributed by atoms with Crippen molar-refractivity contribution in [1.82, 2.24) is 15.5 Å². The van der Waals surface area contributed by atoms with Gasteiger partial charge in [0.05, 0.1) is 94.8 Å². The number of allylic oxidation sites excluding steroid dienone is 6. The van der Waals surface area contributed by atoms with Crippen LogP contribution in [0.1, 0.15) is 445 Å². The third kappa shape index (κ3) is 43.6. The second-order valence-corrected chi connectivity index (χ2v) is 43.5. The summed E-state index contributed by atoms with van der Waals surface area (Å²) in [5, 5.41) is 12.5. The molecule has 1 saturated heterocycles. The van der Waals surface area contributed by atoms with E-state index in [4.69, 9.17) is 72.1 Å². The number of amides is 3. The third-order valence-corrected chi connectivity index (χ3v) is 29.8. The first kappa shape index (κ1) is 129. The normalized spacial score (nSPS) is 22.9. The van der Waals surface area contributed by atoms with E-state index in [9.17, 15) is 36.9 Å². The van der Waals surface area contributed by atoms with Gasteiger partial charge in [-0.25, -0.2) is 18.6 Å². The van der Waals surface area contributed by atoms with Crippen LogP contribution < -0.4 is 29.3 Å². The number of aliphatic imine (C=N–C) groups is 3. The number of nitrogens with zero attached hydrogens (tertiary/aromatic N) is 5. The van der Waals surface area contributed by atoms with E-state index < -0.39 is 155 Å². The molecule has 5 heterocycles. The van der Waals surface area contributed by atoms with Crippen LogP contribution in [-0.4, -0.2) is 177 Å². The number of hydrogen-bond acceptors (Lipinski definition) is 26. The standard InChI is InChI=1S/C108H183N7O20S.ClHO4.Co/c1-18-27-29-31-33-35-37-39-41-43-45-47-49-53-65-115(66-54-50-48-46-44-42-40-38-36-34-32-30-28-19-2)103(125)85(109-86(116)56-52-51-55-74-136(126,127)128)76-87(117)110-98-97-82(58-61-89(119)130-68-21-4)106(15,77-93(123)134-72-25-8)100(112-97)80(11)96-83(59-62-90(120)131-69-22-5)107(16,78-94(124)135-73-26-9)108(17,114-96)101-84(75-92(122)133-71-24-7)105(14,64-63-91(121)132-70-23-6)99(113-101)79(10)95-81(104(12,13)102(98)111-95)57-60-88(118)129-67-20-3;2-1(3,4)5;/h81-85,101H,18-78H2,1-17H3,(H4,109,110,111,112,113,114,116,117,126,127,128);(H,2,3,4,5);/q;;+2/p-2/t81-,82-,83-,84+,85+,101-,105-,106+,107+,108+;;/m1../s1. The Kier molecular flexibility index (Phi) is 62.0. The van der Waals surface area contributed by atoms with Crippen LogP contribution in [0.25, 0.3) is 5.32 Å². The van der Waals surface area contributed by atoms with Crippen LogP contribution in [0, 0.1) is 55.6 Å². The van der Waals surface area contributed by atoms with E-state index >= 15 is 24.0 Å². The first-order chi connectivity index (χ1) is 67.0. The third-order valence-electron chi connectivity index (χ3n) is 29.0. The molecule has 5 rings (SSSR count). The number of fused-ring (bicyclic) bond motifs is 6. The number of carbonyl (C=O) groups excluding carboxylic acids is 10. The van der Waals surface area contributed by atoms with E-state index in [0.717, 1.165) is 64.2 Å². The van der Waals surface area contributed by atoms with Crippen molar-refractivity contribution < 1.29 is 140 Å². The van der Waals surface area contributed by atoms with Crippen molar-refractivity contribution in [2.75, 3.05) is 65.1 Å². The largest absolute Gasteiger partial charge is 2.00 e. The molecule has 142 heavy (non-hydrogen) atoms. The van der Waals surface area contributed by atoms with Crippen molar-refractivity contribution in [3.05, 3.63) is 39.3 Å². The molecule has 5 aliphatic rings. The summed E-state index contributed by atoms with van der Waals surface area (Å²) in [6.45, 7) is 34.5. The van der Waals surface area contributed by atoms with Gasteiger partial charge < -0.3 is 54.0 Å². The Hall–Kier alpha value is -6.72. The molecule has 5 aliphatic heterocycles. The zero-order chi connectivity index (χ0) is 105. The van der Waals surface area contributed by atoms with Gasteiger partial charge in [-0.05, 0) is 133 Å². The molecule has 0 aromatic rings. The predicted octanol–water partition coefficient (Wildman–Crippen LogP) is 18.6. The topological polar surface area (TPSA) is 460 Å². The minimum Gasteiger partial charge on any atom is -0.680 e. The molecule has 0 aromatic carbocycles. The molecule has 3 N–H and O–H groups in total. The first-order valence-electron chi connectivity index (χ1n) is 54.2. The molecule has 10 atom stereocenters. The maximum Gasteiger partial charge on any atom is 2.00 e. The Morgan fingerprint density at radius 1 is 0.430 bits per heavy atom. The van der Waals surface area contributed by atoms with Crippen LogP contribution >= 0.6 is 0 Å². The Morgan fingerprint density at radius 3 is 1.23 bits per heavy atom. The number of esters is 7. The molecule has 1 fully saturated rings. The molecule has 1 radical (unpaired) electrons. The van der Waals surface area contributed by atoms with Gasteiger partial charge in [-0.2, -0.15) is 14.1 Å². The first-order valence-corrected chi connectivity index (χ1v) is 57.1.